The van der Waals surface area contributed by atoms with Crippen molar-refractivity contribution >= 4 is 28.0 Å². The fraction of sp³-hybridized carbons (Fsp3) is 0.500. The second kappa shape index (κ2) is 3.72. The molecule has 0 atom stereocenters. The van der Waals surface area contributed by atoms with E-state index in [-0.39, 0.29) is 18.3 Å². The van der Waals surface area contributed by atoms with E-state index >= 15 is 0 Å². The number of rotatable bonds is 1. The first kappa shape index (κ1) is 11.9. The summed E-state index contributed by atoms with van der Waals surface area (Å²) in [4.78, 5) is 0. The van der Waals surface area contributed by atoms with Gasteiger partial charge in [-0.15, -0.1) is 0 Å². The van der Waals surface area contributed by atoms with Gasteiger partial charge in [0.25, 0.3) is 0 Å². The average molecular weight is 234 g/mol. The highest BCUT2D eigenvalue weighted by Crippen LogP contribution is 2.36. The second-order valence-electron chi connectivity index (χ2n) is 5.50. The van der Waals surface area contributed by atoms with Gasteiger partial charge < -0.3 is 9.31 Å². The molecule has 0 radical (unpaired) electrons. The van der Waals surface area contributed by atoms with Gasteiger partial charge in [0.1, 0.15) is 0 Å². The molecule has 0 saturated carbocycles. The lowest BCUT2D eigenvalue weighted by molar-refractivity contribution is 0.00578. The van der Waals surface area contributed by atoms with Crippen molar-refractivity contribution in [2.45, 2.75) is 38.9 Å². The molecule has 1 fully saturated rings. The molecular formula is C12H19BO2Si. The van der Waals surface area contributed by atoms with Crippen LogP contribution >= 0.6 is 0 Å². The van der Waals surface area contributed by atoms with Gasteiger partial charge in [-0.3, -0.25) is 0 Å². The van der Waals surface area contributed by atoms with Crippen LogP contribution in [-0.2, 0) is 9.31 Å². The van der Waals surface area contributed by atoms with Crippen LogP contribution < -0.4 is 10.6 Å². The molecule has 16 heavy (non-hydrogen) atoms. The van der Waals surface area contributed by atoms with Gasteiger partial charge in [-0.05, 0) is 33.2 Å². The summed E-state index contributed by atoms with van der Waals surface area (Å²) in [5.74, 6) is 0. The zero-order valence-corrected chi connectivity index (χ0v) is 12.7. The molecule has 1 aliphatic rings. The summed E-state index contributed by atoms with van der Waals surface area (Å²) in [6.07, 6.45) is 0. The molecule has 1 aliphatic heterocycles. The van der Waals surface area contributed by atoms with Gasteiger partial charge in [-0.25, -0.2) is 0 Å². The smallest absolute Gasteiger partial charge is 0.399 e. The molecule has 1 saturated heterocycles. The minimum Gasteiger partial charge on any atom is -0.399 e. The molecule has 1 heterocycles. The maximum absolute atomic E-state index is 6.00. The Morgan fingerprint density at radius 3 is 2.12 bits per heavy atom. The minimum absolute atomic E-state index is 0.223. The second-order valence-corrected chi connectivity index (χ2v) is 6.66. The molecule has 4 heteroatoms. The SMILES string of the molecule is CC1(C)OB(c2cccc([SiH3])c2)OC1(C)C. The number of benzene rings is 1. The first-order valence-corrected chi connectivity index (χ1v) is 6.74. The van der Waals surface area contributed by atoms with Gasteiger partial charge in [-0.2, -0.15) is 0 Å². The van der Waals surface area contributed by atoms with Crippen LogP contribution in [0.5, 0.6) is 0 Å². The van der Waals surface area contributed by atoms with E-state index in [1.165, 1.54) is 5.19 Å². The van der Waals surface area contributed by atoms with E-state index in [1.807, 2.05) is 0 Å². The average Bonchev–Trinajstić information content (AvgIpc) is 2.36. The van der Waals surface area contributed by atoms with Crippen LogP contribution in [0.1, 0.15) is 27.7 Å². The van der Waals surface area contributed by atoms with E-state index in [4.69, 9.17) is 9.31 Å². The van der Waals surface area contributed by atoms with Crippen molar-refractivity contribution < 1.29 is 9.31 Å². The van der Waals surface area contributed by atoms with E-state index in [1.54, 1.807) is 0 Å². The Balaban J connectivity index is 2.27. The molecule has 0 spiro atoms. The van der Waals surface area contributed by atoms with E-state index in [0.29, 0.717) is 0 Å². The van der Waals surface area contributed by atoms with Crippen molar-refractivity contribution in [3.05, 3.63) is 24.3 Å². The fourth-order valence-electron chi connectivity index (χ4n) is 1.80. The zero-order valence-electron chi connectivity index (χ0n) is 10.7. The van der Waals surface area contributed by atoms with Crippen molar-refractivity contribution in [2.75, 3.05) is 0 Å². The first-order valence-electron chi connectivity index (χ1n) is 5.74. The van der Waals surface area contributed by atoms with Crippen molar-refractivity contribution in [3.8, 4) is 0 Å². The largest absolute Gasteiger partial charge is 0.494 e. The third-order valence-corrected chi connectivity index (χ3v) is 4.19. The van der Waals surface area contributed by atoms with Crippen molar-refractivity contribution in [1.29, 1.82) is 0 Å². The Bertz CT molecular complexity index is 388. The lowest BCUT2D eigenvalue weighted by Gasteiger charge is -2.32. The quantitative estimate of drug-likeness (QED) is 0.636. The first-order chi connectivity index (χ1) is 7.32. The topological polar surface area (TPSA) is 18.5 Å². The van der Waals surface area contributed by atoms with E-state index in [0.717, 1.165) is 15.7 Å². The van der Waals surface area contributed by atoms with Gasteiger partial charge in [0, 0.05) is 10.2 Å². The van der Waals surface area contributed by atoms with Gasteiger partial charge in [-0.1, -0.05) is 29.5 Å². The Morgan fingerprint density at radius 2 is 1.62 bits per heavy atom. The predicted molar refractivity (Wildman–Crippen MR) is 71.7 cm³/mol. The molecule has 1 aromatic carbocycles. The summed E-state index contributed by atoms with van der Waals surface area (Å²) >= 11 is 0. The molecule has 2 rings (SSSR count). The molecule has 0 unspecified atom stereocenters. The molecule has 1 aromatic rings. The maximum Gasteiger partial charge on any atom is 0.494 e. The summed E-state index contributed by atoms with van der Waals surface area (Å²) in [5, 5.41) is 1.37. The maximum atomic E-state index is 6.00. The van der Waals surface area contributed by atoms with Crippen LogP contribution in [0.15, 0.2) is 24.3 Å². The van der Waals surface area contributed by atoms with Crippen LogP contribution in [0, 0.1) is 0 Å². The van der Waals surface area contributed by atoms with Crippen LogP contribution in [0.3, 0.4) is 0 Å². The van der Waals surface area contributed by atoms with Gasteiger partial charge >= 0.3 is 7.12 Å². The molecule has 86 valence electrons. The minimum atomic E-state index is -0.251. The lowest BCUT2D eigenvalue weighted by atomic mass is 9.79. The highest BCUT2D eigenvalue weighted by Gasteiger charge is 2.51. The highest BCUT2D eigenvalue weighted by atomic mass is 28.1. The Hall–Kier alpha value is -0.578. The number of hydrogen-bond acceptors (Lipinski definition) is 2. The number of hydrogen-bond donors (Lipinski definition) is 0. The summed E-state index contributed by atoms with van der Waals surface area (Å²) in [5.41, 5.74) is 0.628. The fourth-order valence-corrected chi connectivity index (χ4v) is 2.32. The van der Waals surface area contributed by atoms with E-state index in [2.05, 4.69) is 52.0 Å². The van der Waals surface area contributed by atoms with Crippen molar-refractivity contribution in [3.63, 3.8) is 0 Å². The van der Waals surface area contributed by atoms with Crippen LogP contribution in [0.25, 0.3) is 0 Å². The summed E-state index contributed by atoms with van der Waals surface area (Å²) in [7, 11) is 0.835. The molecular weight excluding hydrogens is 215 g/mol. The van der Waals surface area contributed by atoms with Crippen LogP contribution in [-0.4, -0.2) is 28.6 Å². The Labute approximate surface area is 101 Å². The zero-order chi connectivity index (χ0) is 12.0. The molecule has 0 aromatic heterocycles. The summed E-state index contributed by atoms with van der Waals surface area (Å²) < 4.78 is 12.0. The normalized spacial score (nSPS) is 22.6. The lowest BCUT2D eigenvalue weighted by Crippen LogP contribution is -2.41. The van der Waals surface area contributed by atoms with Crippen molar-refractivity contribution in [1.82, 2.24) is 0 Å². The molecule has 0 bridgehead atoms. The van der Waals surface area contributed by atoms with Crippen LogP contribution in [0.4, 0.5) is 0 Å². The Morgan fingerprint density at radius 1 is 1.06 bits per heavy atom. The van der Waals surface area contributed by atoms with E-state index in [9.17, 15) is 0 Å². The van der Waals surface area contributed by atoms with Gasteiger partial charge in [0.2, 0.25) is 0 Å². The monoisotopic (exact) mass is 234 g/mol. The molecule has 0 aliphatic carbocycles. The molecule has 0 amide bonds. The molecule has 0 N–H and O–H groups in total. The van der Waals surface area contributed by atoms with Gasteiger partial charge in [0.15, 0.2) is 0 Å². The third-order valence-electron chi connectivity index (χ3n) is 3.57. The predicted octanol–water partition coefficient (Wildman–Crippen LogP) is -0.0235. The van der Waals surface area contributed by atoms with Crippen LogP contribution in [0.2, 0.25) is 0 Å². The third kappa shape index (κ3) is 1.97. The molecule has 2 nitrogen and oxygen atoms in total. The summed E-state index contributed by atoms with van der Waals surface area (Å²) in [6.45, 7) is 8.32. The summed E-state index contributed by atoms with van der Waals surface area (Å²) in [6, 6.07) is 8.46. The standard InChI is InChI=1S/C12H19BO2Si/c1-11(2)12(3,4)15-13(14-11)9-6-5-7-10(16)8-9/h5-8H,1-4,16H3. The Kier molecular flexibility index (Phi) is 2.77. The van der Waals surface area contributed by atoms with Crippen molar-refractivity contribution in [2.24, 2.45) is 0 Å². The van der Waals surface area contributed by atoms with E-state index < -0.39 is 0 Å². The van der Waals surface area contributed by atoms with Gasteiger partial charge in [0.05, 0.1) is 11.2 Å². The highest BCUT2D eigenvalue weighted by molar-refractivity contribution is 6.62.